The van der Waals surface area contributed by atoms with Gasteiger partial charge in [0.05, 0.1) is 21.7 Å². The van der Waals surface area contributed by atoms with Crippen molar-refractivity contribution in [3.8, 4) is 0 Å². The number of benzene rings is 1. The van der Waals surface area contributed by atoms with Crippen LogP contribution in [-0.4, -0.2) is 72.3 Å². The molecule has 1 atom stereocenters. The predicted molar refractivity (Wildman–Crippen MR) is 113 cm³/mol. The van der Waals surface area contributed by atoms with Crippen molar-refractivity contribution in [2.45, 2.75) is 25.3 Å². The average Bonchev–Trinajstić information content (AvgIpc) is 3.08. The zero-order valence-electron chi connectivity index (χ0n) is 15.6. The van der Waals surface area contributed by atoms with E-state index in [4.69, 9.17) is 11.6 Å². The van der Waals surface area contributed by atoms with Gasteiger partial charge in [0.2, 0.25) is 5.91 Å². The Hall–Kier alpha value is -1.91. The van der Waals surface area contributed by atoms with Crippen molar-refractivity contribution in [2.75, 3.05) is 36.5 Å². The van der Waals surface area contributed by atoms with E-state index in [0.29, 0.717) is 28.6 Å². The van der Waals surface area contributed by atoms with Crippen LogP contribution in [0.2, 0.25) is 5.02 Å². The molecule has 4 rings (SSSR count). The molecule has 2 aromatic rings. The Labute approximate surface area is 177 Å². The lowest BCUT2D eigenvalue weighted by Crippen LogP contribution is -2.56. The molecule has 2 fully saturated rings. The Bertz CT molecular complexity index is 1040. The highest BCUT2D eigenvalue weighted by molar-refractivity contribution is 7.91. The normalized spacial score (nSPS) is 21.9. The van der Waals surface area contributed by atoms with E-state index >= 15 is 0 Å². The van der Waals surface area contributed by atoms with Crippen LogP contribution in [0.3, 0.4) is 0 Å². The van der Waals surface area contributed by atoms with E-state index in [0.717, 1.165) is 17.5 Å². The van der Waals surface area contributed by atoms with E-state index in [-0.39, 0.29) is 36.5 Å². The second-order valence-corrected chi connectivity index (χ2v) is 11.0. The molecule has 1 aromatic heterocycles. The topological polar surface area (TPSA) is 99.7 Å². The van der Waals surface area contributed by atoms with Gasteiger partial charge in [0, 0.05) is 24.7 Å². The number of likely N-dealkylation sites (tertiary alicyclic amines) is 1. The number of sulfone groups is 1. The quantitative estimate of drug-likeness (QED) is 0.748. The van der Waals surface area contributed by atoms with Crippen molar-refractivity contribution < 1.29 is 18.0 Å². The fraction of sp³-hybridized carbons (Fsp3) is 0.500. The third-order valence-corrected chi connectivity index (χ3v) is 8.04. The van der Waals surface area contributed by atoms with E-state index in [9.17, 15) is 18.0 Å². The SMILES string of the molecule is O=C(Nc1nc2cc(Cl)ccc2s1)C1CCCCN1C(=O)N1CCS(=O)(=O)CC1. The summed E-state index contributed by atoms with van der Waals surface area (Å²) in [6.45, 7) is 0.824. The molecular formula is C18H21ClN4O4S2. The number of nitrogens with zero attached hydrogens (tertiary/aromatic N) is 3. The van der Waals surface area contributed by atoms with Crippen LogP contribution >= 0.6 is 22.9 Å². The van der Waals surface area contributed by atoms with Gasteiger partial charge in [-0.3, -0.25) is 4.79 Å². The Balaban J connectivity index is 1.47. The molecule has 11 heteroatoms. The molecule has 0 aliphatic carbocycles. The molecular weight excluding hydrogens is 436 g/mol. The maximum atomic E-state index is 13.0. The van der Waals surface area contributed by atoms with Gasteiger partial charge in [-0.15, -0.1) is 0 Å². The van der Waals surface area contributed by atoms with Crippen LogP contribution in [0, 0.1) is 0 Å². The second kappa shape index (κ2) is 8.08. The first-order valence-electron chi connectivity index (χ1n) is 9.45. The van der Waals surface area contributed by atoms with Crippen LogP contribution in [-0.2, 0) is 14.6 Å². The summed E-state index contributed by atoms with van der Waals surface area (Å²) in [6.07, 6.45) is 2.24. The number of piperidine rings is 1. The fourth-order valence-electron chi connectivity index (χ4n) is 3.66. The smallest absolute Gasteiger partial charge is 0.320 e. The number of hydrogen-bond donors (Lipinski definition) is 1. The molecule has 3 heterocycles. The number of rotatable bonds is 2. The molecule has 0 spiro atoms. The highest BCUT2D eigenvalue weighted by Crippen LogP contribution is 2.29. The first-order chi connectivity index (χ1) is 13.8. The molecule has 2 aliphatic rings. The third kappa shape index (κ3) is 4.49. The fourth-order valence-corrected chi connectivity index (χ4v) is 5.88. The van der Waals surface area contributed by atoms with Gasteiger partial charge in [-0.05, 0) is 37.5 Å². The Morgan fingerprint density at radius 2 is 1.93 bits per heavy atom. The lowest BCUT2D eigenvalue weighted by molar-refractivity contribution is -0.121. The molecule has 1 aromatic carbocycles. The van der Waals surface area contributed by atoms with E-state index in [1.54, 1.807) is 17.0 Å². The minimum Gasteiger partial charge on any atom is -0.323 e. The molecule has 3 amide bonds. The summed E-state index contributed by atoms with van der Waals surface area (Å²) in [5.74, 6) is -0.331. The van der Waals surface area contributed by atoms with Crippen LogP contribution in [0.5, 0.6) is 0 Å². The van der Waals surface area contributed by atoms with Crippen molar-refractivity contribution in [2.24, 2.45) is 0 Å². The maximum Gasteiger partial charge on any atom is 0.320 e. The number of urea groups is 1. The summed E-state index contributed by atoms with van der Waals surface area (Å²) in [4.78, 5) is 33.4. The molecule has 8 nitrogen and oxygen atoms in total. The number of aromatic nitrogens is 1. The summed E-state index contributed by atoms with van der Waals surface area (Å²) in [6, 6.07) is 4.50. The first-order valence-corrected chi connectivity index (χ1v) is 12.5. The van der Waals surface area contributed by atoms with Crippen molar-refractivity contribution in [3.63, 3.8) is 0 Å². The number of hydrogen-bond acceptors (Lipinski definition) is 6. The van der Waals surface area contributed by atoms with Crippen molar-refractivity contribution >= 4 is 60.1 Å². The van der Waals surface area contributed by atoms with Gasteiger partial charge in [0.1, 0.15) is 6.04 Å². The predicted octanol–water partition coefficient (Wildman–Crippen LogP) is 2.59. The van der Waals surface area contributed by atoms with Crippen molar-refractivity contribution in [3.05, 3.63) is 23.2 Å². The molecule has 2 saturated heterocycles. The van der Waals surface area contributed by atoms with Crippen molar-refractivity contribution in [1.82, 2.24) is 14.8 Å². The van der Waals surface area contributed by atoms with E-state index < -0.39 is 15.9 Å². The Morgan fingerprint density at radius 3 is 2.69 bits per heavy atom. The molecule has 1 N–H and O–H groups in total. The monoisotopic (exact) mass is 456 g/mol. The summed E-state index contributed by atoms with van der Waals surface area (Å²) in [7, 11) is -3.07. The largest absolute Gasteiger partial charge is 0.323 e. The van der Waals surface area contributed by atoms with Gasteiger partial charge in [-0.2, -0.15) is 0 Å². The van der Waals surface area contributed by atoms with Gasteiger partial charge in [0.15, 0.2) is 15.0 Å². The first kappa shape index (κ1) is 20.4. The van der Waals surface area contributed by atoms with Gasteiger partial charge >= 0.3 is 6.03 Å². The van der Waals surface area contributed by atoms with Crippen LogP contribution in [0.15, 0.2) is 18.2 Å². The molecule has 0 saturated carbocycles. The van der Waals surface area contributed by atoms with Crippen LogP contribution in [0.4, 0.5) is 9.93 Å². The summed E-state index contributed by atoms with van der Waals surface area (Å²) in [5, 5.41) is 3.88. The zero-order chi connectivity index (χ0) is 20.6. The number of halogens is 1. The van der Waals surface area contributed by atoms with Crippen LogP contribution in [0.1, 0.15) is 19.3 Å². The maximum absolute atomic E-state index is 13.0. The summed E-state index contributed by atoms with van der Waals surface area (Å²) < 4.78 is 24.2. The number of carbonyl (C=O) groups excluding carboxylic acids is 2. The highest BCUT2D eigenvalue weighted by atomic mass is 35.5. The van der Waals surface area contributed by atoms with E-state index in [1.807, 2.05) is 6.07 Å². The van der Waals surface area contributed by atoms with Gasteiger partial charge in [-0.1, -0.05) is 22.9 Å². The van der Waals surface area contributed by atoms with Crippen LogP contribution < -0.4 is 5.32 Å². The third-order valence-electron chi connectivity index (χ3n) is 5.25. The lowest BCUT2D eigenvalue weighted by atomic mass is 10.0. The molecule has 0 radical (unpaired) electrons. The van der Waals surface area contributed by atoms with E-state index in [2.05, 4.69) is 10.3 Å². The molecule has 29 heavy (non-hydrogen) atoms. The number of anilines is 1. The number of amides is 3. The van der Waals surface area contributed by atoms with Gasteiger partial charge in [-0.25, -0.2) is 18.2 Å². The molecule has 2 aliphatic heterocycles. The standard InChI is InChI=1S/C18H21ClN4O4S2/c19-12-4-5-15-13(11-12)20-17(28-15)21-16(24)14-3-1-2-6-23(14)18(25)22-7-9-29(26,27)10-8-22/h4-5,11,14H,1-3,6-10H2,(H,20,21,24). The Kier molecular flexibility index (Phi) is 5.67. The van der Waals surface area contributed by atoms with Crippen LogP contribution in [0.25, 0.3) is 10.2 Å². The molecule has 1 unspecified atom stereocenters. The van der Waals surface area contributed by atoms with Gasteiger partial charge in [0.25, 0.3) is 0 Å². The second-order valence-electron chi connectivity index (χ2n) is 7.25. The molecule has 0 bridgehead atoms. The van der Waals surface area contributed by atoms with Crippen molar-refractivity contribution in [1.29, 1.82) is 0 Å². The lowest BCUT2D eigenvalue weighted by Gasteiger charge is -2.39. The minimum absolute atomic E-state index is 0.0301. The molecule has 156 valence electrons. The number of carbonyl (C=O) groups is 2. The number of fused-ring (bicyclic) bond motifs is 1. The minimum atomic E-state index is -3.07. The average molecular weight is 457 g/mol. The van der Waals surface area contributed by atoms with E-state index in [1.165, 1.54) is 16.2 Å². The number of nitrogens with one attached hydrogen (secondary N) is 1. The van der Waals surface area contributed by atoms with Gasteiger partial charge < -0.3 is 15.1 Å². The zero-order valence-corrected chi connectivity index (χ0v) is 18.0. The Morgan fingerprint density at radius 1 is 1.17 bits per heavy atom. The summed E-state index contributed by atoms with van der Waals surface area (Å²) >= 11 is 7.35. The highest BCUT2D eigenvalue weighted by Gasteiger charge is 2.36. The summed E-state index contributed by atoms with van der Waals surface area (Å²) in [5.41, 5.74) is 0.712. The number of thiazole rings is 1.